The predicted octanol–water partition coefficient (Wildman–Crippen LogP) is 11.5. The molecule has 0 aromatic heterocycles. The van der Waals surface area contributed by atoms with Crippen LogP contribution >= 0.6 is 7.82 Å². The van der Waals surface area contributed by atoms with E-state index in [1.165, 1.54) is 77.0 Å². The van der Waals surface area contributed by atoms with Gasteiger partial charge in [0.15, 0.2) is 6.10 Å². The number of esters is 2. The van der Waals surface area contributed by atoms with Crippen LogP contribution in [-0.2, 0) is 32.7 Å². The van der Waals surface area contributed by atoms with Gasteiger partial charge in [0.2, 0.25) is 0 Å². The predicted molar refractivity (Wildman–Crippen MR) is 222 cm³/mol. The van der Waals surface area contributed by atoms with E-state index in [-0.39, 0.29) is 32.0 Å². The molecule has 0 aliphatic carbocycles. The van der Waals surface area contributed by atoms with Crippen LogP contribution in [0, 0.1) is 0 Å². The quantitative estimate of drug-likeness (QED) is 0.0199. The second-order valence-corrected chi connectivity index (χ2v) is 17.1. The van der Waals surface area contributed by atoms with Crippen LogP contribution in [0.25, 0.3) is 0 Å². The summed E-state index contributed by atoms with van der Waals surface area (Å²) in [6.45, 7) is 4.17. The summed E-state index contributed by atoms with van der Waals surface area (Å²) in [5, 5.41) is 0. The fourth-order valence-corrected chi connectivity index (χ4v) is 6.45. The zero-order valence-corrected chi connectivity index (χ0v) is 36.3. The summed E-state index contributed by atoms with van der Waals surface area (Å²) in [5.41, 5.74) is 0. The maximum Gasteiger partial charge on any atom is 0.306 e. The number of allylic oxidation sites excluding steroid dienone is 6. The van der Waals surface area contributed by atoms with Crippen molar-refractivity contribution >= 4 is 19.8 Å². The van der Waals surface area contributed by atoms with E-state index in [0.29, 0.717) is 17.4 Å². The van der Waals surface area contributed by atoms with Crippen molar-refractivity contribution in [1.82, 2.24) is 0 Å². The van der Waals surface area contributed by atoms with Gasteiger partial charge in [0.25, 0.3) is 7.82 Å². The SMILES string of the molecule is CCCCC/C=C\C/C=C\C/C=C\CCCCCCCCC(=O)OC(COC(=O)CCCCCCCCCCCCC)COP(=O)([O-])OCC[N+](C)(C)C. The Hall–Kier alpha value is -1.77. The molecule has 0 spiro atoms. The van der Waals surface area contributed by atoms with Crippen molar-refractivity contribution in [3.05, 3.63) is 36.5 Å². The van der Waals surface area contributed by atoms with Gasteiger partial charge in [0.1, 0.15) is 19.8 Å². The number of hydrogen-bond acceptors (Lipinski definition) is 8. The summed E-state index contributed by atoms with van der Waals surface area (Å²) >= 11 is 0. The Morgan fingerprint density at radius 3 is 1.52 bits per heavy atom. The van der Waals surface area contributed by atoms with Crippen molar-refractivity contribution in [3.8, 4) is 0 Å². The molecule has 0 aliphatic rings. The molecule has 316 valence electrons. The van der Waals surface area contributed by atoms with Crippen molar-refractivity contribution in [2.75, 3.05) is 47.5 Å². The second kappa shape index (κ2) is 36.8. The molecule has 0 saturated heterocycles. The molecule has 0 heterocycles. The number of quaternary nitrogens is 1. The van der Waals surface area contributed by atoms with E-state index < -0.39 is 26.5 Å². The summed E-state index contributed by atoms with van der Waals surface area (Å²) in [7, 11) is 1.16. The highest BCUT2D eigenvalue weighted by atomic mass is 31.2. The molecule has 9 nitrogen and oxygen atoms in total. The number of ether oxygens (including phenoxy) is 2. The number of likely N-dealkylation sites (N-methyl/N-ethyl adjacent to an activating group) is 1. The Balaban J connectivity index is 4.37. The zero-order chi connectivity index (χ0) is 40.0. The van der Waals surface area contributed by atoms with Gasteiger partial charge >= 0.3 is 11.9 Å². The molecule has 0 fully saturated rings. The van der Waals surface area contributed by atoms with Gasteiger partial charge in [-0.3, -0.25) is 14.2 Å². The summed E-state index contributed by atoms with van der Waals surface area (Å²) in [5.74, 6) is -0.848. The normalized spacial score (nSPS) is 14.0. The number of carbonyl (C=O) groups excluding carboxylic acids is 2. The molecule has 0 radical (unpaired) electrons. The second-order valence-electron chi connectivity index (χ2n) is 15.7. The third-order valence-corrected chi connectivity index (χ3v) is 10.1. The van der Waals surface area contributed by atoms with Crippen LogP contribution in [-0.4, -0.2) is 70.0 Å². The number of phosphoric ester groups is 1. The van der Waals surface area contributed by atoms with Gasteiger partial charge in [-0.2, -0.15) is 0 Å². The first-order valence-electron chi connectivity index (χ1n) is 21.7. The van der Waals surface area contributed by atoms with Gasteiger partial charge in [-0.1, -0.05) is 153 Å². The van der Waals surface area contributed by atoms with E-state index in [1.807, 2.05) is 21.1 Å². The molecule has 0 rings (SSSR count). The van der Waals surface area contributed by atoms with Gasteiger partial charge in [0.05, 0.1) is 27.7 Å². The molecule has 0 saturated carbocycles. The molecule has 0 bridgehead atoms. The molecule has 0 aliphatic heterocycles. The molecular formula is C44H82NO8P. The number of carbonyl (C=O) groups is 2. The molecule has 54 heavy (non-hydrogen) atoms. The molecule has 0 amide bonds. The highest BCUT2D eigenvalue weighted by Gasteiger charge is 2.21. The first-order valence-corrected chi connectivity index (χ1v) is 23.2. The first kappa shape index (κ1) is 52.2. The molecule has 2 atom stereocenters. The lowest BCUT2D eigenvalue weighted by Crippen LogP contribution is -2.37. The number of phosphoric acid groups is 1. The maximum atomic E-state index is 12.7. The van der Waals surface area contributed by atoms with Gasteiger partial charge < -0.3 is 27.9 Å². The molecule has 10 heteroatoms. The highest BCUT2D eigenvalue weighted by molar-refractivity contribution is 7.45. The fraction of sp³-hybridized carbons (Fsp3) is 0.818. The Morgan fingerprint density at radius 1 is 0.574 bits per heavy atom. The van der Waals surface area contributed by atoms with E-state index >= 15 is 0 Å². The lowest BCUT2D eigenvalue weighted by molar-refractivity contribution is -0.870. The van der Waals surface area contributed by atoms with Crippen molar-refractivity contribution in [2.45, 2.75) is 187 Å². The summed E-state index contributed by atoms with van der Waals surface area (Å²) in [6, 6.07) is 0. The van der Waals surface area contributed by atoms with Crippen LogP contribution in [0.3, 0.4) is 0 Å². The van der Waals surface area contributed by atoms with Gasteiger partial charge in [-0.25, -0.2) is 0 Å². The Labute approximate surface area is 331 Å². The van der Waals surface area contributed by atoms with E-state index in [0.717, 1.165) is 70.6 Å². The Morgan fingerprint density at radius 2 is 1.00 bits per heavy atom. The first-order chi connectivity index (χ1) is 26.0. The number of nitrogens with zero attached hydrogens (tertiary/aromatic N) is 1. The third-order valence-electron chi connectivity index (χ3n) is 9.16. The molecule has 2 unspecified atom stereocenters. The Bertz CT molecular complexity index is 1020. The van der Waals surface area contributed by atoms with Crippen molar-refractivity contribution in [3.63, 3.8) is 0 Å². The van der Waals surface area contributed by atoms with E-state index in [2.05, 4.69) is 50.3 Å². The topological polar surface area (TPSA) is 111 Å². The van der Waals surface area contributed by atoms with E-state index in [4.69, 9.17) is 18.5 Å². The van der Waals surface area contributed by atoms with Crippen LogP contribution in [0.2, 0.25) is 0 Å². The monoisotopic (exact) mass is 784 g/mol. The average molecular weight is 784 g/mol. The van der Waals surface area contributed by atoms with Gasteiger partial charge in [0, 0.05) is 12.8 Å². The van der Waals surface area contributed by atoms with Crippen LogP contribution in [0.1, 0.15) is 181 Å². The molecule has 0 aromatic rings. The molecular weight excluding hydrogens is 701 g/mol. The molecule has 0 N–H and O–H groups in total. The molecule has 0 aromatic carbocycles. The van der Waals surface area contributed by atoms with Crippen LogP contribution in [0.5, 0.6) is 0 Å². The van der Waals surface area contributed by atoms with Crippen LogP contribution in [0.4, 0.5) is 0 Å². The van der Waals surface area contributed by atoms with Crippen molar-refractivity contribution < 1.29 is 42.1 Å². The van der Waals surface area contributed by atoms with E-state index in [9.17, 15) is 19.0 Å². The summed E-state index contributed by atoms with van der Waals surface area (Å²) in [6.07, 6.45) is 40.2. The smallest absolute Gasteiger partial charge is 0.306 e. The lowest BCUT2D eigenvalue weighted by atomic mass is 10.1. The maximum absolute atomic E-state index is 12.7. The minimum absolute atomic E-state index is 0.0332. The highest BCUT2D eigenvalue weighted by Crippen LogP contribution is 2.38. The standard InChI is InChI=1S/C44H82NO8P/c1-6-8-10-12-14-16-18-19-20-21-22-23-24-25-27-29-31-33-35-37-44(47)53-42(41-52-54(48,49)51-39-38-45(3,4)5)40-50-43(46)36-34-32-30-28-26-17-15-13-11-9-7-2/h14,16,19-20,22-23,42H,6-13,15,17-18,21,24-41H2,1-5H3/b16-14-,20-19-,23-22-. The van der Waals surface area contributed by atoms with Crippen molar-refractivity contribution in [2.24, 2.45) is 0 Å². The zero-order valence-electron chi connectivity index (χ0n) is 35.4. The van der Waals surface area contributed by atoms with Crippen LogP contribution < -0.4 is 4.89 Å². The summed E-state index contributed by atoms with van der Waals surface area (Å²) < 4.78 is 33.8. The third kappa shape index (κ3) is 39.9. The number of unbranched alkanes of at least 4 members (excludes halogenated alkanes) is 19. The van der Waals surface area contributed by atoms with Crippen molar-refractivity contribution in [1.29, 1.82) is 0 Å². The fourth-order valence-electron chi connectivity index (χ4n) is 5.72. The lowest BCUT2D eigenvalue weighted by Gasteiger charge is -2.28. The minimum atomic E-state index is -4.62. The van der Waals surface area contributed by atoms with E-state index in [1.54, 1.807) is 0 Å². The Kier molecular flexibility index (Phi) is 35.6. The number of rotatable bonds is 39. The van der Waals surface area contributed by atoms with Crippen LogP contribution in [0.15, 0.2) is 36.5 Å². The summed E-state index contributed by atoms with van der Waals surface area (Å²) in [4.78, 5) is 37.4. The largest absolute Gasteiger partial charge is 0.756 e. The van der Waals surface area contributed by atoms with Gasteiger partial charge in [-0.05, 0) is 51.4 Å². The number of hydrogen-bond donors (Lipinski definition) is 0. The van der Waals surface area contributed by atoms with Gasteiger partial charge in [-0.15, -0.1) is 0 Å². The minimum Gasteiger partial charge on any atom is -0.756 e. The average Bonchev–Trinajstić information content (AvgIpc) is 3.12.